The number of halogens is 1. The summed E-state index contributed by atoms with van der Waals surface area (Å²) in [6, 6.07) is 2.27. The monoisotopic (exact) mass is 253 g/mol. The first-order chi connectivity index (χ1) is 7.99. The molecule has 0 atom stereocenters. The van der Waals surface area contributed by atoms with Crippen LogP contribution in [-0.2, 0) is 0 Å². The van der Waals surface area contributed by atoms with Crippen molar-refractivity contribution in [3.8, 4) is 17.0 Å². The number of carboxylic acid groups (broad SMARTS) is 1. The summed E-state index contributed by atoms with van der Waals surface area (Å²) < 4.78 is 13.4. The van der Waals surface area contributed by atoms with Gasteiger partial charge in [0.05, 0.1) is 10.7 Å². The Balaban J connectivity index is 2.60. The maximum atomic E-state index is 13.4. The van der Waals surface area contributed by atoms with Crippen molar-refractivity contribution >= 4 is 17.3 Å². The Morgan fingerprint density at radius 2 is 2.18 bits per heavy atom. The molecule has 88 valence electrons. The van der Waals surface area contributed by atoms with Gasteiger partial charge < -0.3 is 10.2 Å². The van der Waals surface area contributed by atoms with Gasteiger partial charge in [0.15, 0.2) is 11.6 Å². The number of benzene rings is 1. The van der Waals surface area contributed by atoms with Gasteiger partial charge >= 0.3 is 5.97 Å². The fourth-order valence-electron chi connectivity index (χ4n) is 1.41. The van der Waals surface area contributed by atoms with E-state index in [1.165, 1.54) is 17.4 Å². The lowest BCUT2D eigenvalue weighted by Gasteiger charge is -2.04. The topological polar surface area (TPSA) is 70.4 Å². The molecule has 4 nitrogen and oxygen atoms in total. The molecule has 0 aliphatic heterocycles. The Kier molecular flexibility index (Phi) is 2.81. The van der Waals surface area contributed by atoms with Crippen LogP contribution in [0.5, 0.6) is 5.75 Å². The Bertz CT molecular complexity index is 594. The molecule has 2 rings (SSSR count). The highest BCUT2D eigenvalue weighted by Crippen LogP contribution is 2.29. The number of hydrogen-bond donors (Lipinski definition) is 2. The molecular weight excluding hydrogens is 245 g/mol. The Hall–Kier alpha value is -1.95. The van der Waals surface area contributed by atoms with Crippen molar-refractivity contribution in [2.45, 2.75) is 6.92 Å². The van der Waals surface area contributed by atoms with Gasteiger partial charge in [-0.25, -0.2) is 14.2 Å². The van der Waals surface area contributed by atoms with Crippen LogP contribution in [-0.4, -0.2) is 21.2 Å². The Labute approximate surface area is 100.0 Å². The number of nitrogens with zero attached hydrogens (tertiary/aromatic N) is 1. The summed E-state index contributed by atoms with van der Waals surface area (Å²) in [6.07, 6.45) is 0. The third kappa shape index (κ3) is 2.12. The number of aryl methyl sites for hydroxylation is 1. The van der Waals surface area contributed by atoms with Gasteiger partial charge in [-0.15, -0.1) is 11.3 Å². The zero-order chi connectivity index (χ0) is 12.6. The summed E-state index contributed by atoms with van der Waals surface area (Å²) in [6.45, 7) is 1.79. The number of carbonyl (C=O) groups is 1. The van der Waals surface area contributed by atoms with Crippen LogP contribution in [0.2, 0.25) is 0 Å². The van der Waals surface area contributed by atoms with Crippen LogP contribution in [0.25, 0.3) is 11.3 Å². The third-order valence-electron chi connectivity index (χ3n) is 2.21. The van der Waals surface area contributed by atoms with Crippen LogP contribution >= 0.6 is 11.3 Å². The zero-order valence-electron chi connectivity index (χ0n) is 8.77. The molecule has 1 aromatic carbocycles. The minimum atomic E-state index is -1.38. The van der Waals surface area contributed by atoms with E-state index in [-0.39, 0.29) is 0 Å². The molecule has 0 radical (unpaired) electrons. The fourth-order valence-corrected chi connectivity index (χ4v) is 2.03. The van der Waals surface area contributed by atoms with Crippen LogP contribution in [0.3, 0.4) is 0 Å². The van der Waals surface area contributed by atoms with Gasteiger partial charge in [-0.3, -0.25) is 0 Å². The van der Waals surface area contributed by atoms with Crippen molar-refractivity contribution in [3.05, 3.63) is 33.9 Å². The molecule has 0 aliphatic rings. The maximum absolute atomic E-state index is 13.4. The second-order valence-corrected chi connectivity index (χ2v) is 4.47. The molecular formula is C11H8FNO3S. The highest BCUT2D eigenvalue weighted by Gasteiger charge is 2.17. The van der Waals surface area contributed by atoms with E-state index in [0.29, 0.717) is 11.3 Å². The SMILES string of the molecule is Cc1nc(-c2cc(F)c(O)c(C(=O)O)c2)cs1. The van der Waals surface area contributed by atoms with Crippen molar-refractivity contribution in [3.63, 3.8) is 0 Å². The first-order valence-electron chi connectivity index (χ1n) is 4.67. The highest BCUT2D eigenvalue weighted by molar-refractivity contribution is 7.09. The van der Waals surface area contributed by atoms with E-state index in [4.69, 9.17) is 5.11 Å². The van der Waals surface area contributed by atoms with E-state index in [2.05, 4.69) is 4.98 Å². The molecule has 0 saturated heterocycles. The second-order valence-electron chi connectivity index (χ2n) is 3.41. The van der Waals surface area contributed by atoms with Gasteiger partial charge in [-0.05, 0) is 19.1 Å². The number of thiazole rings is 1. The lowest BCUT2D eigenvalue weighted by molar-refractivity contribution is 0.0693. The minimum Gasteiger partial charge on any atom is -0.504 e. The average Bonchev–Trinajstić information content (AvgIpc) is 2.68. The molecule has 0 spiro atoms. The van der Waals surface area contributed by atoms with Crippen molar-refractivity contribution < 1.29 is 19.4 Å². The zero-order valence-corrected chi connectivity index (χ0v) is 9.58. The number of rotatable bonds is 2. The number of hydrogen-bond acceptors (Lipinski definition) is 4. The van der Waals surface area contributed by atoms with E-state index in [1.807, 2.05) is 0 Å². The molecule has 2 N–H and O–H groups in total. The van der Waals surface area contributed by atoms with Gasteiger partial charge in [0.25, 0.3) is 0 Å². The lowest BCUT2D eigenvalue weighted by Crippen LogP contribution is -1.99. The molecule has 0 amide bonds. The molecule has 0 unspecified atom stereocenters. The first-order valence-corrected chi connectivity index (χ1v) is 5.55. The molecule has 0 saturated carbocycles. The van der Waals surface area contributed by atoms with Crippen molar-refractivity contribution in [2.75, 3.05) is 0 Å². The second kappa shape index (κ2) is 4.14. The van der Waals surface area contributed by atoms with Gasteiger partial charge in [-0.2, -0.15) is 0 Å². The quantitative estimate of drug-likeness (QED) is 0.863. The molecule has 1 aromatic heterocycles. The van der Waals surface area contributed by atoms with E-state index in [0.717, 1.165) is 11.1 Å². The number of carboxylic acids is 1. The summed E-state index contributed by atoms with van der Waals surface area (Å²) in [5.41, 5.74) is 0.363. The summed E-state index contributed by atoms with van der Waals surface area (Å²) in [7, 11) is 0. The predicted octanol–water partition coefficient (Wildman–Crippen LogP) is 2.66. The summed E-state index contributed by atoms with van der Waals surface area (Å²) in [4.78, 5) is 14.9. The molecule has 0 aliphatic carbocycles. The molecule has 0 bridgehead atoms. The van der Waals surface area contributed by atoms with Crippen LogP contribution in [0.15, 0.2) is 17.5 Å². The van der Waals surface area contributed by atoms with Gasteiger partial charge in [0.2, 0.25) is 0 Å². The van der Waals surface area contributed by atoms with Crippen LogP contribution in [0.1, 0.15) is 15.4 Å². The largest absolute Gasteiger partial charge is 0.504 e. The first kappa shape index (κ1) is 11.5. The van der Waals surface area contributed by atoms with E-state index >= 15 is 0 Å². The predicted molar refractivity (Wildman–Crippen MR) is 60.9 cm³/mol. The molecule has 6 heteroatoms. The standard InChI is InChI=1S/C11H8FNO3S/c1-5-13-9(4-17-5)6-2-7(11(15)16)10(14)8(12)3-6/h2-4,14H,1H3,(H,15,16). The van der Waals surface area contributed by atoms with Gasteiger partial charge in [0.1, 0.15) is 5.56 Å². The molecule has 1 heterocycles. The van der Waals surface area contributed by atoms with E-state index < -0.39 is 23.1 Å². The van der Waals surface area contributed by atoms with E-state index in [9.17, 15) is 14.3 Å². The lowest BCUT2D eigenvalue weighted by atomic mass is 10.1. The minimum absolute atomic E-state index is 0.335. The van der Waals surface area contributed by atoms with Crippen LogP contribution in [0, 0.1) is 12.7 Å². The van der Waals surface area contributed by atoms with Crippen LogP contribution in [0.4, 0.5) is 4.39 Å². The Morgan fingerprint density at radius 1 is 1.47 bits per heavy atom. The highest BCUT2D eigenvalue weighted by atomic mass is 32.1. The number of aromatic nitrogens is 1. The number of phenols is 1. The third-order valence-corrected chi connectivity index (χ3v) is 2.98. The van der Waals surface area contributed by atoms with Gasteiger partial charge in [-0.1, -0.05) is 0 Å². The summed E-state index contributed by atoms with van der Waals surface area (Å²) in [5.74, 6) is -3.20. The molecule has 17 heavy (non-hydrogen) atoms. The molecule has 0 fully saturated rings. The number of aromatic hydroxyl groups is 1. The fraction of sp³-hybridized carbons (Fsp3) is 0.0909. The summed E-state index contributed by atoms with van der Waals surface area (Å²) >= 11 is 1.38. The van der Waals surface area contributed by atoms with Crippen LogP contribution < -0.4 is 0 Å². The maximum Gasteiger partial charge on any atom is 0.339 e. The van der Waals surface area contributed by atoms with E-state index in [1.54, 1.807) is 12.3 Å². The van der Waals surface area contributed by atoms with Crippen molar-refractivity contribution in [2.24, 2.45) is 0 Å². The number of aromatic carboxylic acids is 1. The van der Waals surface area contributed by atoms with Crippen molar-refractivity contribution in [1.82, 2.24) is 4.98 Å². The molecule has 2 aromatic rings. The average molecular weight is 253 g/mol. The normalized spacial score (nSPS) is 10.5. The summed E-state index contributed by atoms with van der Waals surface area (Å²) in [5, 5.41) is 20.6. The van der Waals surface area contributed by atoms with Gasteiger partial charge in [0, 0.05) is 10.9 Å². The van der Waals surface area contributed by atoms with Crippen molar-refractivity contribution in [1.29, 1.82) is 0 Å². The smallest absolute Gasteiger partial charge is 0.339 e. The Morgan fingerprint density at radius 3 is 2.71 bits per heavy atom.